The second kappa shape index (κ2) is 8.16. The summed E-state index contributed by atoms with van der Waals surface area (Å²) < 4.78 is 9.62. The minimum absolute atomic E-state index is 0.151. The average Bonchev–Trinajstić information content (AvgIpc) is 2.41. The maximum absolute atomic E-state index is 11.7. The maximum Gasteiger partial charge on any atom is 0.347 e. The van der Waals surface area contributed by atoms with Gasteiger partial charge in [-0.05, 0) is 32.0 Å². The van der Waals surface area contributed by atoms with Gasteiger partial charge < -0.3 is 20.5 Å². The highest BCUT2D eigenvalue weighted by molar-refractivity contribution is 6.31. The number of benzene rings is 1. The molecule has 0 heterocycles. The molecular formula is C14H17ClN2O4. The van der Waals surface area contributed by atoms with Crippen molar-refractivity contribution in [1.29, 1.82) is 0 Å². The molecule has 0 aliphatic carbocycles. The molecule has 1 aromatic rings. The number of esters is 2. The van der Waals surface area contributed by atoms with E-state index in [1.807, 2.05) is 0 Å². The molecule has 0 saturated carbocycles. The number of nitrogen functional groups attached to an aromatic ring is 1. The monoisotopic (exact) mass is 312 g/mol. The molecule has 0 aliphatic heterocycles. The summed E-state index contributed by atoms with van der Waals surface area (Å²) in [5.41, 5.74) is 6.41. The summed E-state index contributed by atoms with van der Waals surface area (Å²) in [4.78, 5) is 23.5. The maximum atomic E-state index is 11.7. The molecule has 0 aromatic heterocycles. The molecule has 0 spiro atoms. The fraction of sp³-hybridized carbons (Fsp3) is 0.286. The van der Waals surface area contributed by atoms with Crippen LogP contribution in [0.5, 0.6) is 0 Å². The van der Waals surface area contributed by atoms with E-state index in [1.165, 1.54) is 6.20 Å². The number of ether oxygens (including phenoxy) is 2. The fourth-order valence-electron chi connectivity index (χ4n) is 1.43. The van der Waals surface area contributed by atoms with Crippen LogP contribution >= 0.6 is 11.6 Å². The van der Waals surface area contributed by atoms with Gasteiger partial charge in [0.1, 0.15) is 0 Å². The van der Waals surface area contributed by atoms with Gasteiger partial charge in [-0.3, -0.25) is 0 Å². The number of halogens is 1. The van der Waals surface area contributed by atoms with Gasteiger partial charge in [0, 0.05) is 11.2 Å². The van der Waals surface area contributed by atoms with Gasteiger partial charge in [-0.2, -0.15) is 0 Å². The van der Waals surface area contributed by atoms with Crippen LogP contribution in [0.2, 0.25) is 5.02 Å². The van der Waals surface area contributed by atoms with Gasteiger partial charge >= 0.3 is 11.9 Å². The number of hydrogen-bond donors (Lipinski definition) is 2. The van der Waals surface area contributed by atoms with Crippen LogP contribution in [0.1, 0.15) is 13.8 Å². The zero-order valence-electron chi connectivity index (χ0n) is 11.8. The second-order valence-corrected chi connectivity index (χ2v) is 4.31. The Labute approximate surface area is 127 Å². The van der Waals surface area contributed by atoms with E-state index < -0.39 is 11.9 Å². The minimum atomic E-state index is -0.768. The summed E-state index contributed by atoms with van der Waals surface area (Å²) in [5, 5.41) is 3.26. The van der Waals surface area contributed by atoms with Crippen LogP contribution in [0, 0.1) is 0 Å². The molecule has 0 bridgehead atoms. The third kappa shape index (κ3) is 5.00. The molecule has 0 amide bonds. The molecule has 0 saturated heterocycles. The van der Waals surface area contributed by atoms with Crippen LogP contribution in [0.25, 0.3) is 0 Å². The topological polar surface area (TPSA) is 90.6 Å². The lowest BCUT2D eigenvalue weighted by molar-refractivity contribution is -0.146. The van der Waals surface area contributed by atoms with Crippen molar-refractivity contribution in [2.24, 2.45) is 0 Å². The SMILES string of the molecule is CCOC(=O)C(=CNc1ccc(Cl)cc1N)C(=O)OCC. The Morgan fingerprint density at radius 2 is 1.81 bits per heavy atom. The zero-order valence-corrected chi connectivity index (χ0v) is 12.6. The highest BCUT2D eigenvalue weighted by Crippen LogP contribution is 2.22. The molecule has 7 heteroatoms. The first kappa shape index (κ1) is 16.8. The molecular weight excluding hydrogens is 296 g/mol. The van der Waals surface area contributed by atoms with E-state index in [0.717, 1.165) is 0 Å². The van der Waals surface area contributed by atoms with Crippen LogP contribution in [-0.2, 0) is 19.1 Å². The van der Waals surface area contributed by atoms with E-state index in [4.69, 9.17) is 26.8 Å². The Bertz CT molecular complexity index is 538. The van der Waals surface area contributed by atoms with Gasteiger partial charge in [0.05, 0.1) is 24.6 Å². The lowest BCUT2D eigenvalue weighted by Gasteiger charge is -2.09. The third-order valence-corrected chi connectivity index (χ3v) is 2.61. The smallest absolute Gasteiger partial charge is 0.347 e. The predicted octanol–water partition coefficient (Wildman–Crippen LogP) is 2.34. The quantitative estimate of drug-likeness (QED) is 0.275. The van der Waals surface area contributed by atoms with E-state index in [9.17, 15) is 9.59 Å². The van der Waals surface area contributed by atoms with E-state index in [2.05, 4.69) is 5.32 Å². The van der Waals surface area contributed by atoms with E-state index in [-0.39, 0.29) is 18.8 Å². The minimum Gasteiger partial charge on any atom is -0.462 e. The number of carbonyl (C=O) groups is 2. The summed E-state index contributed by atoms with van der Waals surface area (Å²) in [6.45, 7) is 3.59. The van der Waals surface area contributed by atoms with Crippen molar-refractivity contribution < 1.29 is 19.1 Å². The van der Waals surface area contributed by atoms with Gasteiger partial charge in [0.2, 0.25) is 0 Å². The second-order valence-electron chi connectivity index (χ2n) is 3.87. The molecule has 0 radical (unpaired) electrons. The zero-order chi connectivity index (χ0) is 15.8. The van der Waals surface area contributed by atoms with Crippen LogP contribution in [0.3, 0.4) is 0 Å². The molecule has 1 aromatic carbocycles. The van der Waals surface area contributed by atoms with Gasteiger partial charge in [0.25, 0.3) is 0 Å². The number of nitrogens with one attached hydrogen (secondary N) is 1. The summed E-state index contributed by atoms with van der Waals surface area (Å²) in [6.07, 6.45) is 1.20. The number of hydrogen-bond acceptors (Lipinski definition) is 6. The van der Waals surface area contributed by atoms with Crippen LogP contribution in [0.4, 0.5) is 11.4 Å². The molecule has 114 valence electrons. The average molecular weight is 313 g/mol. The molecule has 21 heavy (non-hydrogen) atoms. The fourth-order valence-corrected chi connectivity index (χ4v) is 1.61. The molecule has 0 unspecified atom stereocenters. The van der Waals surface area contributed by atoms with Crippen molar-refractivity contribution in [1.82, 2.24) is 0 Å². The van der Waals surface area contributed by atoms with Crippen molar-refractivity contribution in [2.75, 3.05) is 24.3 Å². The van der Waals surface area contributed by atoms with Crippen molar-refractivity contribution in [2.45, 2.75) is 13.8 Å². The molecule has 0 fully saturated rings. The van der Waals surface area contributed by atoms with Gasteiger partial charge in [0.15, 0.2) is 5.57 Å². The predicted molar refractivity (Wildman–Crippen MR) is 80.8 cm³/mol. The normalized spacial score (nSPS) is 9.67. The number of nitrogens with two attached hydrogens (primary N) is 1. The highest BCUT2D eigenvalue weighted by atomic mass is 35.5. The third-order valence-electron chi connectivity index (χ3n) is 2.38. The van der Waals surface area contributed by atoms with E-state index in [1.54, 1.807) is 32.0 Å². The van der Waals surface area contributed by atoms with E-state index >= 15 is 0 Å². The Hall–Kier alpha value is -2.21. The molecule has 1 rings (SSSR count). The van der Waals surface area contributed by atoms with Gasteiger partial charge in [-0.15, -0.1) is 0 Å². The highest BCUT2D eigenvalue weighted by Gasteiger charge is 2.21. The molecule has 0 aliphatic rings. The van der Waals surface area contributed by atoms with Crippen LogP contribution in [0.15, 0.2) is 30.0 Å². The van der Waals surface area contributed by atoms with Gasteiger partial charge in [-0.1, -0.05) is 11.6 Å². The first-order valence-electron chi connectivity index (χ1n) is 6.35. The Morgan fingerprint density at radius 1 is 1.24 bits per heavy atom. The Morgan fingerprint density at radius 3 is 2.29 bits per heavy atom. The van der Waals surface area contributed by atoms with Gasteiger partial charge in [-0.25, -0.2) is 9.59 Å². The Balaban J connectivity index is 2.96. The van der Waals surface area contributed by atoms with Crippen LogP contribution in [-0.4, -0.2) is 25.2 Å². The van der Waals surface area contributed by atoms with Crippen molar-refractivity contribution >= 4 is 34.9 Å². The summed E-state index contributed by atoms with van der Waals surface area (Å²) in [7, 11) is 0. The van der Waals surface area contributed by atoms with Crippen molar-refractivity contribution in [3.8, 4) is 0 Å². The number of anilines is 2. The number of rotatable bonds is 6. The van der Waals surface area contributed by atoms with E-state index in [0.29, 0.717) is 16.4 Å². The standard InChI is InChI=1S/C14H17ClN2O4/c1-3-20-13(18)10(14(19)21-4-2)8-17-12-6-5-9(15)7-11(12)16/h5-8,17H,3-4,16H2,1-2H3. The summed E-state index contributed by atoms with van der Waals surface area (Å²) in [6, 6.07) is 4.80. The summed E-state index contributed by atoms with van der Waals surface area (Å²) >= 11 is 5.79. The summed E-state index contributed by atoms with van der Waals surface area (Å²) in [5.74, 6) is -1.54. The lowest BCUT2D eigenvalue weighted by Crippen LogP contribution is -2.19. The lowest BCUT2D eigenvalue weighted by atomic mass is 10.2. The van der Waals surface area contributed by atoms with Crippen LogP contribution < -0.4 is 11.1 Å². The van der Waals surface area contributed by atoms with Crippen molar-refractivity contribution in [3.63, 3.8) is 0 Å². The first-order valence-corrected chi connectivity index (χ1v) is 6.73. The first-order chi connectivity index (χ1) is 9.99. The Kier molecular flexibility index (Phi) is 6.55. The molecule has 6 nitrogen and oxygen atoms in total. The molecule has 3 N–H and O–H groups in total. The largest absolute Gasteiger partial charge is 0.462 e. The number of carbonyl (C=O) groups excluding carboxylic acids is 2. The molecule has 0 atom stereocenters. The van der Waals surface area contributed by atoms with Crippen molar-refractivity contribution in [3.05, 3.63) is 35.0 Å².